The SMILES string of the molecule is COCCN1C[C@H](C(=O)N(C)Cc2n[nH]c3c2CCCC3)CCC1=O. The second-order valence-corrected chi connectivity index (χ2v) is 7.10. The second-order valence-electron chi connectivity index (χ2n) is 7.10. The van der Waals surface area contributed by atoms with Gasteiger partial charge in [-0.3, -0.25) is 14.7 Å². The predicted octanol–water partition coefficient (Wildman–Crippen LogP) is 1.13. The van der Waals surface area contributed by atoms with E-state index >= 15 is 0 Å². The van der Waals surface area contributed by atoms with E-state index in [2.05, 4.69) is 10.2 Å². The number of carbonyl (C=O) groups excluding carboxylic acids is 2. The molecule has 2 amide bonds. The van der Waals surface area contributed by atoms with Crippen molar-refractivity contribution in [2.24, 2.45) is 5.92 Å². The maximum atomic E-state index is 12.8. The Kier molecular flexibility index (Phi) is 5.73. The molecule has 1 saturated heterocycles. The van der Waals surface area contributed by atoms with Crippen LogP contribution in [0.2, 0.25) is 0 Å². The number of likely N-dealkylation sites (tertiary alicyclic amines) is 1. The minimum Gasteiger partial charge on any atom is -0.383 e. The number of aryl methyl sites for hydroxylation is 1. The lowest BCUT2D eigenvalue weighted by Gasteiger charge is -2.33. The van der Waals surface area contributed by atoms with Gasteiger partial charge in [0.15, 0.2) is 0 Å². The molecule has 2 aliphatic rings. The van der Waals surface area contributed by atoms with Crippen LogP contribution in [0, 0.1) is 5.92 Å². The minimum absolute atomic E-state index is 0.0995. The van der Waals surface area contributed by atoms with Gasteiger partial charge in [-0.15, -0.1) is 0 Å². The highest BCUT2D eigenvalue weighted by atomic mass is 16.5. The molecule has 1 fully saturated rings. The third kappa shape index (κ3) is 4.03. The van der Waals surface area contributed by atoms with Gasteiger partial charge in [0, 0.05) is 39.4 Å². The highest BCUT2D eigenvalue weighted by molar-refractivity contribution is 5.83. The number of aromatic nitrogens is 2. The molecule has 0 radical (unpaired) electrons. The Morgan fingerprint density at radius 2 is 2.16 bits per heavy atom. The van der Waals surface area contributed by atoms with E-state index in [1.807, 2.05) is 7.05 Å². The summed E-state index contributed by atoms with van der Waals surface area (Å²) in [6, 6.07) is 0. The quantitative estimate of drug-likeness (QED) is 0.836. The van der Waals surface area contributed by atoms with Crippen molar-refractivity contribution in [2.75, 3.05) is 33.9 Å². The lowest BCUT2D eigenvalue weighted by molar-refractivity contribution is -0.143. The van der Waals surface area contributed by atoms with Crippen LogP contribution in [0.25, 0.3) is 0 Å². The van der Waals surface area contributed by atoms with Gasteiger partial charge in [0.1, 0.15) is 0 Å². The fourth-order valence-electron chi connectivity index (χ4n) is 3.83. The Balaban J connectivity index is 1.60. The van der Waals surface area contributed by atoms with E-state index < -0.39 is 0 Å². The number of piperidine rings is 1. The maximum absolute atomic E-state index is 12.8. The van der Waals surface area contributed by atoms with Crippen LogP contribution in [0.4, 0.5) is 0 Å². The Morgan fingerprint density at radius 3 is 2.96 bits per heavy atom. The van der Waals surface area contributed by atoms with Crippen LogP contribution in [-0.2, 0) is 33.7 Å². The molecular weight excluding hydrogens is 320 g/mol. The maximum Gasteiger partial charge on any atom is 0.227 e. The number of methoxy groups -OCH3 is 1. The number of amides is 2. The Labute approximate surface area is 148 Å². The molecule has 0 aromatic carbocycles. The zero-order chi connectivity index (χ0) is 17.8. The molecule has 1 atom stereocenters. The van der Waals surface area contributed by atoms with E-state index in [0.717, 1.165) is 18.5 Å². The van der Waals surface area contributed by atoms with Crippen LogP contribution >= 0.6 is 0 Å². The van der Waals surface area contributed by atoms with Crippen LogP contribution in [0.3, 0.4) is 0 Å². The average Bonchev–Trinajstić information content (AvgIpc) is 3.03. The van der Waals surface area contributed by atoms with E-state index in [9.17, 15) is 9.59 Å². The molecular formula is C18H28N4O3. The second kappa shape index (κ2) is 7.99. The van der Waals surface area contributed by atoms with E-state index in [1.54, 1.807) is 16.9 Å². The predicted molar refractivity (Wildman–Crippen MR) is 92.9 cm³/mol. The van der Waals surface area contributed by atoms with Crippen molar-refractivity contribution in [1.82, 2.24) is 20.0 Å². The van der Waals surface area contributed by atoms with Crippen molar-refractivity contribution < 1.29 is 14.3 Å². The van der Waals surface area contributed by atoms with Gasteiger partial charge in [-0.2, -0.15) is 5.10 Å². The van der Waals surface area contributed by atoms with Gasteiger partial charge >= 0.3 is 0 Å². The number of H-pyrrole nitrogens is 1. The molecule has 7 heteroatoms. The summed E-state index contributed by atoms with van der Waals surface area (Å²) in [5.74, 6) is 0.0851. The van der Waals surface area contributed by atoms with Crippen LogP contribution in [0.1, 0.15) is 42.6 Å². The first kappa shape index (κ1) is 17.9. The van der Waals surface area contributed by atoms with E-state index in [1.165, 1.54) is 24.1 Å². The van der Waals surface area contributed by atoms with Gasteiger partial charge in [-0.25, -0.2) is 0 Å². The number of rotatable bonds is 6. The van der Waals surface area contributed by atoms with Gasteiger partial charge in [0.25, 0.3) is 0 Å². The summed E-state index contributed by atoms with van der Waals surface area (Å²) in [5.41, 5.74) is 3.52. The standard InChI is InChI=1S/C18H28N4O3/c1-21(12-16-14-5-3-4-6-15(14)19-20-16)18(24)13-7-8-17(23)22(11-13)9-10-25-2/h13H,3-12H2,1-2H3,(H,19,20)/t13-/m1/s1. The molecule has 7 nitrogen and oxygen atoms in total. The number of nitrogens with one attached hydrogen (secondary N) is 1. The first-order valence-corrected chi connectivity index (χ1v) is 9.16. The zero-order valence-corrected chi connectivity index (χ0v) is 15.2. The topological polar surface area (TPSA) is 78.5 Å². The first-order chi connectivity index (χ1) is 12.1. The van der Waals surface area contributed by atoms with Gasteiger partial charge in [0.2, 0.25) is 11.8 Å². The largest absolute Gasteiger partial charge is 0.383 e. The van der Waals surface area contributed by atoms with Gasteiger partial charge in [-0.1, -0.05) is 0 Å². The van der Waals surface area contributed by atoms with Crippen LogP contribution in [0.15, 0.2) is 0 Å². The smallest absolute Gasteiger partial charge is 0.227 e. The summed E-state index contributed by atoms with van der Waals surface area (Å²) in [7, 11) is 3.46. The van der Waals surface area contributed by atoms with Crippen molar-refractivity contribution in [1.29, 1.82) is 0 Å². The van der Waals surface area contributed by atoms with E-state index in [4.69, 9.17) is 4.74 Å². The molecule has 3 rings (SSSR count). The number of hydrogen-bond donors (Lipinski definition) is 1. The Bertz CT molecular complexity index is 628. The number of nitrogens with zero attached hydrogens (tertiary/aromatic N) is 3. The number of ether oxygens (including phenoxy) is 1. The molecule has 0 spiro atoms. The highest BCUT2D eigenvalue weighted by Gasteiger charge is 2.32. The minimum atomic E-state index is -0.130. The van der Waals surface area contributed by atoms with Gasteiger partial charge in [0.05, 0.1) is 24.8 Å². The summed E-state index contributed by atoms with van der Waals surface area (Å²) < 4.78 is 5.06. The van der Waals surface area contributed by atoms with Crippen molar-refractivity contribution >= 4 is 11.8 Å². The lowest BCUT2D eigenvalue weighted by atomic mass is 9.94. The molecule has 0 bridgehead atoms. The molecule has 25 heavy (non-hydrogen) atoms. The summed E-state index contributed by atoms with van der Waals surface area (Å²) >= 11 is 0. The monoisotopic (exact) mass is 348 g/mol. The number of fused-ring (bicyclic) bond motifs is 1. The average molecular weight is 348 g/mol. The Hall–Kier alpha value is -1.89. The molecule has 138 valence electrons. The number of hydrogen-bond acceptors (Lipinski definition) is 4. The Morgan fingerprint density at radius 1 is 1.36 bits per heavy atom. The van der Waals surface area contributed by atoms with Crippen molar-refractivity contribution in [3.8, 4) is 0 Å². The number of aromatic amines is 1. The molecule has 1 N–H and O–H groups in total. The molecule has 1 aromatic heterocycles. The zero-order valence-electron chi connectivity index (χ0n) is 15.2. The summed E-state index contributed by atoms with van der Waals surface area (Å²) in [6.45, 7) is 2.08. The molecule has 0 unspecified atom stereocenters. The first-order valence-electron chi connectivity index (χ1n) is 9.16. The fourth-order valence-corrected chi connectivity index (χ4v) is 3.83. The van der Waals surface area contributed by atoms with Gasteiger partial charge in [-0.05, 0) is 37.7 Å². The summed E-state index contributed by atoms with van der Waals surface area (Å²) in [4.78, 5) is 28.3. The van der Waals surface area contributed by atoms with E-state index in [0.29, 0.717) is 39.1 Å². The molecule has 1 aliphatic heterocycles. The third-order valence-corrected chi connectivity index (χ3v) is 5.32. The van der Waals surface area contributed by atoms with Crippen LogP contribution in [-0.4, -0.2) is 65.7 Å². The molecule has 1 aliphatic carbocycles. The highest BCUT2D eigenvalue weighted by Crippen LogP contribution is 2.24. The van der Waals surface area contributed by atoms with Crippen molar-refractivity contribution in [3.63, 3.8) is 0 Å². The summed E-state index contributed by atoms with van der Waals surface area (Å²) in [5, 5.41) is 7.56. The third-order valence-electron chi connectivity index (χ3n) is 5.32. The summed E-state index contributed by atoms with van der Waals surface area (Å²) in [6.07, 6.45) is 5.56. The van der Waals surface area contributed by atoms with Crippen LogP contribution in [0.5, 0.6) is 0 Å². The molecule has 0 saturated carbocycles. The molecule has 1 aromatic rings. The fraction of sp³-hybridized carbons (Fsp3) is 0.722. The van der Waals surface area contributed by atoms with E-state index in [-0.39, 0.29) is 17.7 Å². The van der Waals surface area contributed by atoms with Gasteiger partial charge < -0.3 is 14.5 Å². The normalized spacial score (nSPS) is 20.5. The van der Waals surface area contributed by atoms with Crippen molar-refractivity contribution in [3.05, 3.63) is 17.0 Å². The lowest BCUT2D eigenvalue weighted by Crippen LogP contribution is -2.47. The number of carbonyl (C=O) groups is 2. The van der Waals surface area contributed by atoms with Crippen LogP contribution < -0.4 is 0 Å². The molecule has 2 heterocycles. The van der Waals surface area contributed by atoms with Crippen molar-refractivity contribution in [2.45, 2.75) is 45.1 Å².